The standard InChI is InChI=1S/C21H26N4O4S2/c1-30(26,27)19-9-4-2-7-17(19)15-24-11-6-12-25(14-13-24)16-21-22-18-8-3-5-10-20(18)31(28,29)23-21/h2-5,7-10H,6,11-16H2,1H3,(H,22,23). The van der Waals surface area contributed by atoms with E-state index in [2.05, 4.69) is 19.5 Å². The van der Waals surface area contributed by atoms with Crippen molar-refractivity contribution in [2.24, 2.45) is 4.40 Å². The molecule has 0 radical (unpaired) electrons. The van der Waals surface area contributed by atoms with Crippen LogP contribution in [0, 0.1) is 0 Å². The quantitative estimate of drug-likeness (QED) is 0.723. The molecule has 2 aliphatic heterocycles. The Morgan fingerprint density at radius 3 is 2.32 bits per heavy atom. The second-order valence-corrected chi connectivity index (χ2v) is 11.5. The van der Waals surface area contributed by atoms with E-state index in [1.54, 1.807) is 36.4 Å². The second-order valence-electron chi connectivity index (χ2n) is 7.92. The lowest BCUT2D eigenvalue weighted by Crippen LogP contribution is -2.38. The van der Waals surface area contributed by atoms with Crippen molar-refractivity contribution >= 4 is 31.4 Å². The minimum absolute atomic E-state index is 0.199. The highest BCUT2D eigenvalue weighted by Crippen LogP contribution is 2.26. The zero-order valence-electron chi connectivity index (χ0n) is 17.4. The minimum Gasteiger partial charge on any atom is -0.341 e. The van der Waals surface area contributed by atoms with Crippen molar-refractivity contribution in [3.8, 4) is 0 Å². The van der Waals surface area contributed by atoms with Gasteiger partial charge in [-0.05, 0) is 43.3 Å². The molecule has 1 saturated heterocycles. The monoisotopic (exact) mass is 462 g/mol. The Kier molecular flexibility index (Phi) is 6.16. The van der Waals surface area contributed by atoms with Gasteiger partial charge >= 0.3 is 0 Å². The number of benzene rings is 2. The predicted octanol–water partition coefficient (Wildman–Crippen LogP) is 1.81. The summed E-state index contributed by atoms with van der Waals surface area (Å²) in [5.41, 5.74) is 1.36. The van der Waals surface area contributed by atoms with Crippen LogP contribution in [0.4, 0.5) is 5.69 Å². The summed E-state index contributed by atoms with van der Waals surface area (Å²) in [5, 5.41) is 3.14. The molecule has 0 atom stereocenters. The first-order chi connectivity index (χ1) is 14.7. The average Bonchev–Trinajstić information content (AvgIpc) is 2.92. The summed E-state index contributed by atoms with van der Waals surface area (Å²) in [4.78, 5) is 5.00. The van der Waals surface area contributed by atoms with Crippen molar-refractivity contribution in [3.63, 3.8) is 0 Å². The van der Waals surface area contributed by atoms with Gasteiger partial charge in [0.25, 0.3) is 10.0 Å². The fourth-order valence-corrected chi connectivity index (χ4v) is 6.10. The van der Waals surface area contributed by atoms with E-state index in [0.29, 0.717) is 29.5 Å². The first kappa shape index (κ1) is 21.9. The number of fused-ring (bicyclic) bond motifs is 1. The van der Waals surface area contributed by atoms with E-state index in [1.807, 2.05) is 12.1 Å². The van der Waals surface area contributed by atoms with Gasteiger partial charge in [-0.25, -0.2) is 8.42 Å². The molecule has 0 amide bonds. The van der Waals surface area contributed by atoms with Crippen molar-refractivity contribution in [2.45, 2.75) is 22.8 Å². The summed E-state index contributed by atoms with van der Waals surface area (Å²) >= 11 is 0. The normalized spacial score (nSPS) is 19.7. The summed E-state index contributed by atoms with van der Waals surface area (Å²) in [6, 6.07) is 13.9. The number of para-hydroxylation sites is 1. The SMILES string of the molecule is CS(=O)(=O)c1ccccc1CN1CCCN(CC2=NS(=O)(=O)c3ccccc3N2)CC1. The highest BCUT2D eigenvalue weighted by molar-refractivity contribution is 7.91. The molecule has 10 heteroatoms. The van der Waals surface area contributed by atoms with Gasteiger partial charge in [0.15, 0.2) is 9.84 Å². The molecule has 2 aliphatic rings. The molecule has 1 N–H and O–H groups in total. The summed E-state index contributed by atoms with van der Waals surface area (Å²) in [6.07, 6.45) is 2.14. The Balaban J connectivity index is 1.41. The molecule has 2 heterocycles. The Labute approximate surface area is 183 Å². The van der Waals surface area contributed by atoms with Crippen LogP contribution in [0.1, 0.15) is 12.0 Å². The first-order valence-corrected chi connectivity index (χ1v) is 13.5. The van der Waals surface area contributed by atoms with Gasteiger partial charge in [-0.3, -0.25) is 9.80 Å². The average molecular weight is 463 g/mol. The topological polar surface area (TPSA) is 99.2 Å². The van der Waals surface area contributed by atoms with E-state index in [9.17, 15) is 16.8 Å². The van der Waals surface area contributed by atoms with E-state index < -0.39 is 19.9 Å². The van der Waals surface area contributed by atoms with Crippen LogP contribution in [0.3, 0.4) is 0 Å². The van der Waals surface area contributed by atoms with Crippen LogP contribution in [-0.4, -0.2) is 71.5 Å². The molecule has 166 valence electrons. The Hall–Kier alpha value is -2.27. The second kappa shape index (κ2) is 8.70. The van der Waals surface area contributed by atoms with Gasteiger partial charge in [-0.2, -0.15) is 8.42 Å². The van der Waals surface area contributed by atoms with Crippen molar-refractivity contribution < 1.29 is 16.8 Å². The highest BCUT2D eigenvalue weighted by Gasteiger charge is 2.26. The summed E-state index contributed by atoms with van der Waals surface area (Å²) < 4.78 is 53.0. The fourth-order valence-electron chi connectivity index (χ4n) is 4.03. The summed E-state index contributed by atoms with van der Waals surface area (Å²) in [6.45, 7) is 4.14. The van der Waals surface area contributed by atoms with Gasteiger partial charge < -0.3 is 5.32 Å². The molecule has 2 aromatic carbocycles. The Bertz CT molecular complexity index is 1210. The number of nitrogens with zero attached hydrogens (tertiary/aromatic N) is 3. The molecule has 8 nitrogen and oxygen atoms in total. The van der Waals surface area contributed by atoms with Crippen LogP contribution in [-0.2, 0) is 26.4 Å². The van der Waals surface area contributed by atoms with Gasteiger partial charge in [-0.15, -0.1) is 4.40 Å². The maximum Gasteiger partial charge on any atom is 0.286 e. The number of sulfone groups is 1. The van der Waals surface area contributed by atoms with E-state index in [1.165, 1.54) is 6.26 Å². The first-order valence-electron chi connectivity index (χ1n) is 10.1. The number of anilines is 1. The van der Waals surface area contributed by atoms with Gasteiger partial charge in [-0.1, -0.05) is 30.3 Å². The zero-order valence-corrected chi connectivity index (χ0v) is 19.0. The lowest BCUT2D eigenvalue weighted by Gasteiger charge is -2.25. The predicted molar refractivity (Wildman–Crippen MR) is 121 cm³/mol. The van der Waals surface area contributed by atoms with Crippen LogP contribution >= 0.6 is 0 Å². The molecule has 0 unspecified atom stereocenters. The van der Waals surface area contributed by atoms with Gasteiger partial charge in [0.2, 0.25) is 0 Å². The molecule has 1 fully saturated rings. The van der Waals surface area contributed by atoms with Crippen molar-refractivity contribution in [1.29, 1.82) is 0 Å². The number of sulfonamides is 1. The number of hydrogen-bond acceptors (Lipinski definition) is 7. The molecular weight excluding hydrogens is 436 g/mol. The Morgan fingerprint density at radius 1 is 0.935 bits per heavy atom. The van der Waals surface area contributed by atoms with Gasteiger partial charge in [0, 0.05) is 25.9 Å². The van der Waals surface area contributed by atoms with Crippen molar-refractivity contribution in [3.05, 3.63) is 54.1 Å². The van der Waals surface area contributed by atoms with E-state index in [4.69, 9.17) is 0 Å². The summed E-state index contributed by atoms with van der Waals surface area (Å²) in [5.74, 6) is 0.426. The molecule has 0 bridgehead atoms. The summed E-state index contributed by atoms with van der Waals surface area (Å²) in [7, 11) is -6.97. The molecule has 4 rings (SSSR count). The van der Waals surface area contributed by atoms with Crippen LogP contribution in [0.2, 0.25) is 0 Å². The van der Waals surface area contributed by atoms with Crippen molar-refractivity contribution in [1.82, 2.24) is 9.80 Å². The zero-order chi connectivity index (χ0) is 22.1. The third-order valence-corrected chi connectivity index (χ3v) is 8.06. The molecule has 0 aromatic heterocycles. The molecule has 2 aromatic rings. The molecule has 0 aliphatic carbocycles. The van der Waals surface area contributed by atoms with Crippen LogP contribution in [0.15, 0.2) is 62.7 Å². The number of amidine groups is 1. The Morgan fingerprint density at radius 2 is 1.58 bits per heavy atom. The fraction of sp³-hybridized carbons (Fsp3) is 0.381. The van der Waals surface area contributed by atoms with Crippen molar-refractivity contribution in [2.75, 3.05) is 44.3 Å². The smallest absolute Gasteiger partial charge is 0.286 e. The maximum atomic E-state index is 12.5. The number of rotatable bonds is 5. The number of hydrogen-bond donors (Lipinski definition) is 1. The van der Waals surface area contributed by atoms with E-state index in [-0.39, 0.29) is 4.90 Å². The van der Waals surface area contributed by atoms with E-state index >= 15 is 0 Å². The lowest BCUT2D eigenvalue weighted by atomic mass is 10.2. The maximum absolute atomic E-state index is 12.5. The third-order valence-electron chi connectivity index (χ3n) is 5.49. The van der Waals surface area contributed by atoms with Gasteiger partial charge in [0.05, 0.1) is 17.1 Å². The highest BCUT2D eigenvalue weighted by atomic mass is 32.2. The minimum atomic E-state index is -3.69. The molecule has 0 saturated carbocycles. The molecular formula is C21H26N4O4S2. The van der Waals surface area contributed by atoms with Crippen LogP contribution in [0.5, 0.6) is 0 Å². The molecule has 0 spiro atoms. The number of nitrogens with one attached hydrogen (secondary N) is 1. The largest absolute Gasteiger partial charge is 0.341 e. The lowest BCUT2D eigenvalue weighted by molar-refractivity contribution is 0.263. The third kappa shape index (κ3) is 5.15. The molecule has 31 heavy (non-hydrogen) atoms. The van der Waals surface area contributed by atoms with Gasteiger partial charge in [0.1, 0.15) is 10.7 Å². The van der Waals surface area contributed by atoms with Crippen LogP contribution in [0.25, 0.3) is 0 Å². The van der Waals surface area contributed by atoms with Crippen LogP contribution < -0.4 is 5.32 Å². The van der Waals surface area contributed by atoms with E-state index in [0.717, 1.165) is 38.2 Å².